The highest BCUT2D eigenvalue weighted by Crippen LogP contribution is 2.25. The lowest BCUT2D eigenvalue weighted by atomic mass is 9.93. The van der Waals surface area contributed by atoms with Crippen LogP contribution in [0.5, 0.6) is 0 Å². The summed E-state index contributed by atoms with van der Waals surface area (Å²) in [5, 5.41) is 3.29. The van der Waals surface area contributed by atoms with Crippen molar-refractivity contribution in [1.82, 2.24) is 20.3 Å². The summed E-state index contributed by atoms with van der Waals surface area (Å²) in [5.41, 5.74) is 2.49. The number of anilines is 1. The molecule has 1 aliphatic carbocycles. The molecule has 6 heteroatoms. The quantitative estimate of drug-likeness (QED) is 0.931. The van der Waals surface area contributed by atoms with E-state index in [9.17, 15) is 4.79 Å². The molecular formula is C19H25N5O. The largest absolute Gasteiger partial charge is 0.369 e. The van der Waals surface area contributed by atoms with Crippen LogP contribution in [0.15, 0.2) is 24.7 Å². The summed E-state index contributed by atoms with van der Waals surface area (Å²) >= 11 is 0. The molecule has 1 saturated heterocycles. The van der Waals surface area contributed by atoms with Crippen molar-refractivity contribution in [3.63, 3.8) is 0 Å². The van der Waals surface area contributed by atoms with Gasteiger partial charge in [-0.05, 0) is 31.7 Å². The minimum atomic E-state index is 0.0632. The molecule has 1 aliphatic heterocycles. The van der Waals surface area contributed by atoms with Gasteiger partial charge in [0.2, 0.25) is 5.91 Å². The fourth-order valence-corrected chi connectivity index (χ4v) is 4.01. The number of fused-ring (bicyclic) bond motifs is 1. The van der Waals surface area contributed by atoms with Crippen LogP contribution in [0.2, 0.25) is 0 Å². The van der Waals surface area contributed by atoms with Crippen molar-refractivity contribution in [2.75, 3.05) is 18.0 Å². The van der Waals surface area contributed by atoms with Crippen LogP contribution in [-0.2, 0) is 4.79 Å². The molecule has 2 aliphatic rings. The van der Waals surface area contributed by atoms with Gasteiger partial charge in [-0.3, -0.25) is 9.78 Å². The van der Waals surface area contributed by atoms with Crippen LogP contribution in [0, 0.1) is 5.92 Å². The standard InChI is InChI=1S/C19H25N5O/c25-19(23-15-6-2-1-3-7-15)14-5-4-10-24(13-14)16-11-17-18(22-12-16)21-9-8-20-17/h8-9,11-12,14-15H,1-7,10,13H2,(H,23,25)/t14-/m0/s1. The van der Waals surface area contributed by atoms with Gasteiger partial charge in [-0.15, -0.1) is 0 Å². The Morgan fingerprint density at radius 2 is 1.88 bits per heavy atom. The molecule has 1 saturated carbocycles. The van der Waals surface area contributed by atoms with Crippen LogP contribution >= 0.6 is 0 Å². The van der Waals surface area contributed by atoms with Gasteiger partial charge in [-0.25, -0.2) is 9.97 Å². The number of nitrogens with zero attached hydrogens (tertiary/aromatic N) is 4. The highest BCUT2D eigenvalue weighted by molar-refractivity contribution is 5.80. The number of pyridine rings is 1. The number of carbonyl (C=O) groups excluding carboxylic acids is 1. The number of aromatic nitrogens is 3. The Morgan fingerprint density at radius 1 is 1.04 bits per heavy atom. The Bertz CT molecular complexity index is 743. The van der Waals surface area contributed by atoms with E-state index < -0.39 is 0 Å². The number of piperidine rings is 1. The second-order valence-corrected chi connectivity index (χ2v) is 7.22. The summed E-state index contributed by atoms with van der Waals surface area (Å²) < 4.78 is 0. The molecule has 25 heavy (non-hydrogen) atoms. The first kappa shape index (κ1) is 16.2. The predicted octanol–water partition coefficient (Wildman–Crippen LogP) is 2.69. The Labute approximate surface area is 148 Å². The molecule has 0 radical (unpaired) electrons. The van der Waals surface area contributed by atoms with Crippen LogP contribution in [0.4, 0.5) is 5.69 Å². The molecule has 4 rings (SSSR count). The van der Waals surface area contributed by atoms with Gasteiger partial charge in [0.1, 0.15) is 5.52 Å². The van der Waals surface area contributed by atoms with Gasteiger partial charge in [0.15, 0.2) is 5.65 Å². The SMILES string of the molecule is O=C(NC1CCCCC1)[C@H]1CCCN(c2cnc3nccnc3c2)C1. The summed E-state index contributed by atoms with van der Waals surface area (Å²) in [6.07, 6.45) is 13.2. The third-order valence-corrected chi connectivity index (χ3v) is 5.42. The van der Waals surface area contributed by atoms with E-state index in [0.29, 0.717) is 11.7 Å². The molecule has 2 aromatic heterocycles. The van der Waals surface area contributed by atoms with Crippen LogP contribution in [0.3, 0.4) is 0 Å². The summed E-state index contributed by atoms with van der Waals surface area (Å²) in [7, 11) is 0. The van der Waals surface area contributed by atoms with Crippen LogP contribution in [-0.4, -0.2) is 40.0 Å². The first-order valence-electron chi connectivity index (χ1n) is 9.42. The molecular weight excluding hydrogens is 314 g/mol. The minimum absolute atomic E-state index is 0.0632. The fraction of sp³-hybridized carbons (Fsp3) is 0.579. The van der Waals surface area contributed by atoms with Crippen molar-refractivity contribution in [2.24, 2.45) is 5.92 Å². The molecule has 1 N–H and O–H groups in total. The number of carbonyl (C=O) groups is 1. The third kappa shape index (κ3) is 3.72. The fourth-order valence-electron chi connectivity index (χ4n) is 4.01. The molecule has 1 atom stereocenters. The second-order valence-electron chi connectivity index (χ2n) is 7.22. The maximum absolute atomic E-state index is 12.7. The molecule has 0 bridgehead atoms. The highest BCUT2D eigenvalue weighted by Gasteiger charge is 2.28. The maximum Gasteiger partial charge on any atom is 0.225 e. The zero-order chi connectivity index (χ0) is 17.1. The maximum atomic E-state index is 12.7. The molecule has 6 nitrogen and oxygen atoms in total. The van der Waals surface area contributed by atoms with Crippen LogP contribution < -0.4 is 10.2 Å². The Hall–Kier alpha value is -2.24. The van der Waals surface area contributed by atoms with Crippen molar-refractivity contribution in [3.8, 4) is 0 Å². The molecule has 0 spiro atoms. The number of nitrogens with one attached hydrogen (secondary N) is 1. The van der Waals surface area contributed by atoms with E-state index in [1.54, 1.807) is 12.4 Å². The van der Waals surface area contributed by atoms with Crippen molar-refractivity contribution in [2.45, 2.75) is 51.0 Å². The summed E-state index contributed by atoms with van der Waals surface area (Å²) in [6, 6.07) is 2.41. The van der Waals surface area contributed by atoms with Crippen molar-refractivity contribution in [1.29, 1.82) is 0 Å². The lowest BCUT2D eigenvalue weighted by molar-refractivity contribution is -0.126. The Balaban J connectivity index is 1.43. The Morgan fingerprint density at radius 3 is 2.76 bits per heavy atom. The number of rotatable bonds is 3. The molecule has 132 valence electrons. The third-order valence-electron chi connectivity index (χ3n) is 5.42. The van der Waals surface area contributed by atoms with E-state index in [4.69, 9.17) is 0 Å². The summed E-state index contributed by atoms with van der Waals surface area (Å²) in [4.78, 5) is 27.9. The Kier molecular flexibility index (Phi) is 4.76. The van der Waals surface area contributed by atoms with Crippen molar-refractivity contribution in [3.05, 3.63) is 24.7 Å². The van der Waals surface area contributed by atoms with Gasteiger partial charge in [0.25, 0.3) is 0 Å². The number of hydrogen-bond acceptors (Lipinski definition) is 5. The first-order valence-corrected chi connectivity index (χ1v) is 9.42. The van der Waals surface area contributed by atoms with E-state index in [0.717, 1.165) is 50.0 Å². The molecule has 0 unspecified atom stereocenters. The van der Waals surface area contributed by atoms with E-state index in [-0.39, 0.29) is 11.8 Å². The van der Waals surface area contributed by atoms with E-state index in [1.807, 2.05) is 12.3 Å². The smallest absolute Gasteiger partial charge is 0.225 e. The van der Waals surface area contributed by atoms with E-state index in [2.05, 4.69) is 25.2 Å². The number of amides is 1. The topological polar surface area (TPSA) is 71.0 Å². The second kappa shape index (κ2) is 7.33. The van der Waals surface area contributed by atoms with Gasteiger partial charge in [0, 0.05) is 31.5 Å². The normalized spacial score (nSPS) is 22.1. The lowest BCUT2D eigenvalue weighted by Gasteiger charge is -2.34. The summed E-state index contributed by atoms with van der Waals surface area (Å²) in [5.74, 6) is 0.290. The van der Waals surface area contributed by atoms with Crippen molar-refractivity contribution >= 4 is 22.8 Å². The average Bonchev–Trinajstić information content (AvgIpc) is 2.68. The van der Waals surface area contributed by atoms with Gasteiger partial charge in [-0.1, -0.05) is 19.3 Å². The molecule has 2 fully saturated rings. The molecule has 2 aromatic rings. The lowest BCUT2D eigenvalue weighted by Crippen LogP contribution is -2.46. The number of hydrogen-bond donors (Lipinski definition) is 1. The average molecular weight is 339 g/mol. The molecule has 0 aromatic carbocycles. The summed E-state index contributed by atoms with van der Waals surface area (Å²) in [6.45, 7) is 1.71. The zero-order valence-electron chi connectivity index (χ0n) is 14.5. The van der Waals surface area contributed by atoms with Gasteiger partial charge < -0.3 is 10.2 Å². The van der Waals surface area contributed by atoms with Gasteiger partial charge in [-0.2, -0.15) is 0 Å². The van der Waals surface area contributed by atoms with Crippen molar-refractivity contribution < 1.29 is 4.79 Å². The van der Waals surface area contributed by atoms with Gasteiger partial charge >= 0.3 is 0 Å². The molecule has 1 amide bonds. The van der Waals surface area contributed by atoms with Crippen LogP contribution in [0.25, 0.3) is 11.2 Å². The van der Waals surface area contributed by atoms with Crippen LogP contribution in [0.1, 0.15) is 44.9 Å². The predicted molar refractivity (Wildman–Crippen MR) is 97.3 cm³/mol. The van der Waals surface area contributed by atoms with E-state index >= 15 is 0 Å². The minimum Gasteiger partial charge on any atom is -0.369 e. The zero-order valence-corrected chi connectivity index (χ0v) is 14.5. The monoisotopic (exact) mass is 339 g/mol. The van der Waals surface area contributed by atoms with E-state index in [1.165, 1.54) is 19.3 Å². The first-order chi connectivity index (χ1) is 12.3. The molecule has 3 heterocycles. The van der Waals surface area contributed by atoms with Gasteiger partial charge in [0.05, 0.1) is 17.8 Å². The highest BCUT2D eigenvalue weighted by atomic mass is 16.2.